The van der Waals surface area contributed by atoms with Gasteiger partial charge in [-0.15, -0.1) is 0 Å². The molecular formula is C13H15BrN2O. The number of hydrogen-bond acceptors (Lipinski definition) is 3. The van der Waals surface area contributed by atoms with E-state index in [-0.39, 0.29) is 6.04 Å². The molecule has 0 aliphatic rings. The molecule has 0 radical (unpaired) electrons. The zero-order chi connectivity index (χ0) is 12.3. The Hall–Kier alpha value is -1.10. The van der Waals surface area contributed by atoms with Crippen molar-refractivity contribution in [1.82, 2.24) is 5.43 Å². The van der Waals surface area contributed by atoms with Crippen molar-refractivity contribution in [2.45, 2.75) is 19.4 Å². The zero-order valence-corrected chi connectivity index (χ0v) is 11.2. The summed E-state index contributed by atoms with van der Waals surface area (Å²) in [6, 6.07) is 10.1. The first-order chi connectivity index (χ1) is 8.20. The van der Waals surface area contributed by atoms with E-state index >= 15 is 0 Å². The molecule has 0 bridgehead atoms. The molecule has 2 rings (SSSR count). The van der Waals surface area contributed by atoms with Crippen molar-refractivity contribution in [2.24, 2.45) is 5.84 Å². The molecule has 1 aromatic heterocycles. The predicted molar refractivity (Wildman–Crippen MR) is 71.4 cm³/mol. The molecule has 0 amide bonds. The maximum absolute atomic E-state index is 5.63. The molecule has 1 heterocycles. The summed E-state index contributed by atoms with van der Waals surface area (Å²) in [5, 5.41) is 0. The van der Waals surface area contributed by atoms with Crippen LogP contribution >= 0.6 is 15.9 Å². The Balaban J connectivity index is 2.25. The lowest BCUT2D eigenvalue weighted by molar-refractivity contribution is 0.454. The second-order valence-electron chi connectivity index (χ2n) is 4.03. The maximum Gasteiger partial charge on any atom is 0.105 e. The summed E-state index contributed by atoms with van der Waals surface area (Å²) >= 11 is 3.55. The Bertz CT molecular complexity index is 482. The van der Waals surface area contributed by atoms with Crippen LogP contribution in [0.15, 0.2) is 45.5 Å². The standard InChI is InChI=1S/C13H15BrN2O/c1-9-4-5-12(14)11(7-9)13(16-15)8-10-3-2-6-17-10/h2-7,13,16H,8,15H2,1H3. The van der Waals surface area contributed by atoms with Crippen LogP contribution < -0.4 is 11.3 Å². The Morgan fingerprint density at radius 3 is 2.88 bits per heavy atom. The summed E-state index contributed by atoms with van der Waals surface area (Å²) in [6.07, 6.45) is 2.40. The van der Waals surface area contributed by atoms with Crippen molar-refractivity contribution in [3.05, 3.63) is 58.0 Å². The smallest absolute Gasteiger partial charge is 0.105 e. The van der Waals surface area contributed by atoms with Crippen LogP contribution in [0.1, 0.15) is 22.9 Å². The molecule has 0 saturated carbocycles. The van der Waals surface area contributed by atoms with Gasteiger partial charge < -0.3 is 4.42 Å². The van der Waals surface area contributed by atoms with E-state index in [1.165, 1.54) is 5.56 Å². The van der Waals surface area contributed by atoms with Gasteiger partial charge >= 0.3 is 0 Å². The number of halogens is 1. The van der Waals surface area contributed by atoms with Crippen LogP contribution in [0.4, 0.5) is 0 Å². The van der Waals surface area contributed by atoms with Gasteiger partial charge in [-0.2, -0.15) is 0 Å². The van der Waals surface area contributed by atoms with E-state index in [2.05, 4.69) is 40.4 Å². The molecule has 3 nitrogen and oxygen atoms in total. The molecule has 0 spiro atoms. The fourth-order valence-electron chi connectivity index (χ4n) is 1.82. The normalized spacial score (nSPS) is 12.6. The first-order valence-electron chi connectivity index (χ1n) is 5.45. The van der Waals surface area contributed by atoms with Crippen LogP contribution in [0.5, 0.6) is 0 Å². The number of aryl methyl sites for hydroxylation is 1. The molecule has 3 N–H and O–H groups in total. The van der Waals surface area contributed by atoms with E-state index in [0.29, 0.717) is 0 Å². The van der Waals surface area contributed by atoms with Gasteiger partial charge in [0.05, 0.1) is 12.3 Å². The fourth-order valence-corrected chi connectivity index (χ4v) is 2.34. The van der Waals surface area contributed by atoms with Gasteiger partial charge in [0.2, 0.25) is 0 Å². The van der Waals surface area contributed by atoms with Gasteiger partial charge in [-0.3, -0.25) is 11.3 Å². The molecule has 0 fully saturated rings. The van der Waals surface area contributed by atoms with Gasteiger partial charge in [-0.1, -0.05) is 33.6 Å². The summed E-state index contributed by atoms with van der Waals surface area (Å²) in [5.74, 6) is 6.55. The minimum atomic E-state index is 0.0374. The number of furan rings is 1. The minimum Gasteiger partial charge on any atom is -0.469 e. The summed E-state index contributed by atoms with van der Waals surface area (Å²) in [4.78, 5) is 0. The van der Waals surface area contributed by atoms with Crippen molar-refractivity contribution in [3.63, 3.8) is 0 Å². The molecule has 17 heavy (non-hydrogen) atoms. The Morgan fingerprint density at radius 1 is 1.41 bits per heavy atom. The average Bonchev–Trinajstić information content (AvgIpc) is 2.82. The summed E-state index contributed by atoms with van der Waals surface area (Å²) in [7, 11) is 0. The quantitative estimate of drug-likeness (QED) is 0.673. The molecule has 1 atom stereocenters. The third kappa shape index (κ3) is 2.97. The van der Waals surface area contributed by atoms with Gasteiger partial charge in [0, 0.05) is 10.9 Å². The van der Waals surface area contributed by atoms with E-state index < -0.39 is 0 Å². The second kappa shape index (κ2) is 5.49. The van der Waals surface area contributed by atoms with Crippen LogP contribution in [0.2, 0.25) is 0 Å². The topological polar surface area (TPSA) is 51.2 Å². The third-order valence-electron chi connectivity index (χ3n) is 2.71. The first kappa shape index (κ1) is 12.4. The zero-order valence-electron chi connectivity index (χ0n) is 9.61. The van der Waals surface area contributed by atoms with Gasteiger partial charge in [0.15, 0.2) is 0 Å². The lowest BCUT2D eigenvalue weighted by Gasteiger charge is -2.17. The first-order valence-corrected chi connectivity index (χ1v) is 6.24. The van der Waals surface area contributed by atoms with Gasteiger partial charge in [0.25, 0.3) is 0 Å². The molecule has 1 aromatic carbocycles. The van der Waals surface area contributed by atoms with E-state index in [9.17, 15) is 0 Å². The number of benzene rings is 1. The van der Waals surface area contributed by atoms with Crippen LogP contribution in [0, 0.1) is 6.92 Å². The number of nitrogens with one attached hydrogen (secondary N) is 1. The molecule has 0 aliphatic carbocycles. The Morgan fingerprint density at radius 2 is 2.24 bits per heavy atom. The van der Waals surface area contributed by atoms with E-state index in [1.54, 1.807) is 6.26 Å². The third-order valence-corrected chi connectivity index (χ3v) is 3.44. The summed E-state index contributed by atoms with van der Waals surface area (Å²) in [5.41, 5.74) is 5.19. The minimum absolute atomic E-state index is 0.0374. The van der Waals surface area contributed by atoms with E-state index in [1.807, 2.05) is 18.2 Å². The molecule has 90 valence electrons. The van der Waals surface area contributed by atoms with E-state index in [4.69, 9.17) is 10.3 Å². The summed E-state index contributed by atoms with van der Waals surface area (Å²) in [6.45, 7) is 2.07. The van der Waals surface area contributed by atoms with Crippen molar-refractivity contribution in [1.29, 1.82) is 0 Å². The molecule has 0 aliphatic heterocycles. The number of nitrogens with two attached hydrogens (primary N) is 1. The van der Waals surface area contributed by atoms with Crippen LogP contribution in [-0.2, 0) is 6.42 Å². The van der Waals surface area contributed by atoms with Crippen LogP contribution in [0.25, 0.3) is 0 Å². The molecular weight excluding hydrogens is 280 g/mol. The Labute approximate surface area is 109 Å². The monoisotopic (exact) mass is 294 g/mol. The average molecular weight is 295 g/mol. The Kier molecular flexibility index (Phi) is 3.99. The number of rotatable bonds is 4. The lowest BCUT2D eigenvalue weighted by Crippen LogP contribution is -2.29. The van der Waals surface area contributed by atoms with E-state index in [0.717, 1.165) is 22.2 Å². The summed E-state index contributed by atoms with van der Waals surface area (Å²) < 4.78 is 6.40. The van der Waals surface area contributed by atoms with Crippen molar-refractivity contribution >= 4 is 15.9 Å². The van der Waals surface area contributed by atoms with Crippen molar-refractivity contribution in [2.75, 3.05) is 0 Å². The highest BCUT2D eigenvalue weighted by molar-refractivity contribution is 9.10. The van der Waals surface area contributed by atoms with Crippen LogP contribution in [0.3, 0.4) is 0 Å². The largest absolute Gasteiger partial charge is 0.469 e. The van der Waals surface area contributed by atoms with Crippen molar-refractivity contribution in [3.8, 4) is 0 Å². The highest BCUT2D eigenvalue weighted by Gasteiger charge is 2.15. The lowest BCUT2D eigenvalue weighted by atomic mass is 10.0. The highest BCUT2D eigenvalue weighted by Crippen LogP contribution is 2.26. The molecule has 0 saturated heterocycles. The second-order valence-corrected chi connectivity index (χ2v) is 4.88. The molecule has 2 aromatic rings. The van der Waals surface area contributed by atoms with Crippen LogP contribution in [-0.4, -0.2) is 0 Å². The predicted octanol–water partition coefficient (Wildman–Crippen LogP) is 3.10. The number of hydrazine groups is 1. The van der Waals surface area contributed by atoms with Gasteiger partial charge in [0.1, 0.15) is 5.76 Å². The maximum atomic E-state index is 5.63. The highest BCUT2D eigenvalue weighted by atomic mass is 79.9. The van der Waals surface area contributed by atoms with Gasteiger partial charge in [-0.25, -0.2) is 0 Å². The molecule has 1 unspecified atom stereocenters. The molecule has 4 heteroatoms. The fraction of sp³-hybridized carbons (Fsp3) is 0.231. The number of hydrogen-bond donors (Lipinski definition) is 2. The SMILES string of the molecule is Cc1ccc(Br)c(C(Cc2ccco2)NN)c1. The van der Waals surface area contributed by atoms with Gasteiger partial charge in [-0.05, 0) is 30.7 Å². The van der Waals surface area contributed by atoms with Crippen molar-refractivity contribution < 1.29 is 4.42 Å².